The van der Waals surface area contributed by atoms with E-state index in [4.69, 9.17) is 10.8 Å². The third-order valence-corrected chi connectivity index (χ3v) is 3.29. The van der Waals surface area contributed by atoms with Gasteiger partial charge in [-0.05, 0) is 44.2 Å². The third-order valence-electron chi connectivity index (χ3n) is 3.29. The molecule has 0 bridgehead atoms. The molecule has 1 aromatic carbocycles. The summed E-state index contributed by atoms with van der Waals surface area (Å²) >= 11 is 0. The molecule has 0 aliphatic carbocycles. The Morgan fingerprint density at radius 2 is 1.86 bits per heavy atom. The Balaban J connectivity index is 2.28. The van der Waals surface area contributed by atoms with Gasteiger partial charge in [-0.2, -0.15) is 0 Å². The van der Waals surface area contributed by atoms with Crippen LogP contribution in [0.15, 0.2) is 30.3 Å². The topological polar surface area (TPSA) is 92.4 Å². The Hall–Kier alpha value is -1.88. The largest absolute Gasteiger partial charge is 0.480 e. The number of carboxylic acids is 1. The minimum absolute atomic E-state index is 0.203. The van der Waals surface area contributed by atoms with Crippen molar-refractivity contribution < 1.29 is 14.7 Å². The number of aryl methyl sites for hydroxylation is 1. The predicted octanol–water partition coefficient (Wildman–Crippen LogP) is 1.71. The van der Waals surface area contributed by atoms with E-state index in [0.29, 0.717) is 32.2 Å². The van der Waals surface area contributed by atoms with Crippen LogP contribution in [0.2, 0.25) is 0 Å². The Morgan fingerprint density at radius 1 is 1.14 bits per heavy atom. The summed E-state index contributed by atoms with van der Waals surface area (Å²) in [4.78, 5) is 22.9. The molecule has 0 radical (unpaired) electrons. The van der Waals surface area contributed by atoms with E-state index in [9.17, 15) is 9.59 Å². The minimum atomic E-state index is -0.983. The van der Waals surface area contributed by atoms with E-state index < -0.39 is 12.0 Å². The quantitative estimate of drug-likeness (QED) is 0.572. The average molecular weight is 292 g/mol. The first-order valence-electron chi connectivity index (χ1n) is 7.39. The number of carboxylic acid groups (broad SMARTS) is 1. The van der Waals surface area contributed by atoms with Crippen LogP contribution in [-0.4, -0.2) is 29.6 Å². The zero-order valence-electron chi connectivity index (χ0n) is 12.3. The van der Waals surface area contributed by atoms with Gasteiger partial charge in [-0.3, -0.25) is 4.79 Å². The second-order valence-electron chi connectivity index (χ2n) is 5.08. The molecule has 4 N–H and O–H groups in total. The minimum Gasteiger partial charge on any atom is -0.480 e. The normalized spacial score (nSPS) is 11.9. The number of unbranched alkanes of at least 4 members (excludes halogenated alkanes) is 1. The molecule has 1 atom stereocenters. The van der Waals surface area contributed by atoms with Crippen molar-refractivity contribution in [2.75, 3.05) is 6.54 Å². The lowest BCUT2D eigenvalue weighted by Gasteiger charge is -2.14. The van der Waals surface area contributed by atoms with Gasteiger partial charge < -0.3 is 16.2 Å². The Kier molecular flexibility index (Phi) is 8.12. The molecule has 0 saturated carbocycles. The number of hydrogen-bond donors (Lipinski definition) is 3. The van der Waals surface area contributed by atoms with E-state index in [2.05, 4.69) is 5.32 Å². The van der Waals surface area contributed by atoms with Gasteiger partial charge in [0.2, 0.25) is 5.91 Å². The first-order valence-corrected chi connectivity index (χ1v) is 7.39. The van der Waals surface area contributed by atoms with Crippen LogP contribution in [0.4, 0.5) is 0 Å². The number of hydrogen-bond acceptors (Lipinski definition) is 3. The van der Waals surface area contributed by atoms with Gasteiger partial charge in [-0.15, -0.1) is 0 Å². The molecule has 0 aliphatic heterocycles. The molecule has 0 fully saturated rings. The molecule has 0 unspecified atom stereocenters. The van der Waals surface area contributed by atoms with Crippen LogP contribution in [0.1, 0.15) is 37.7 Å². The number of nitrogens with one attached hydrogen (secondary N) is 1. The zero-order chi connectivity index (χ0) is 15.5. The molecule has 5 nitrogen and oxygen atoms in total. The van der Waals surface area contributed by atoms with Crippen LogP contribution in [0, 0.1) is 0 Å². The van der Waals surface area contributed by atoms with Crippen molar-refractivity contribution in [3.63, 3.8) is 0 Å². The molecular weight excluding hydrogens is 268 g/mol. The van der Waals surface area contributed by atoms with Crippen LogP contribution >= 0.6 is 0 Å². The highest BCUT2D eigenvalue weighted by Gasteiger charge is 2.18. The average Bonchev–Trinajstić information content (AvgIpc) is 2.47. The van der Waals surface area contributed by atoms with Crippen LogP contribution in [-0.2, 0) is 16.0 Å². The fourth-order valence-electron chi connectivity index (χ4n) is 2.11. The van der Waals surface area contributed by atoms with Gasteiger partial charge in [0.1, 0.15) is 6.04 Å². The molecular formula is C16H24N2O3. The summed E-state index contributed by atoms with van der Waals surface area (Å²) < 4.78 is 0. The van der Waals surface area contributed by atoms with Gasteiger partial charge in [0.05, 0.1) is 0 Å². The van der Waals surface area contributed by atoms with Crippen molar-refractivity contribution in [3.8, 4) is 0 Å². The van der Waals surface area contributed by atoms with Gasteiger partial charge in [-0.25, -0.2) is 4.79 Å². The monoisotopic (exact) mass is 292 g/mol. The first-order chi connectivity index (χ1) is 10.1. The second kappa shape index (κ2) is 9.94. The van der Waals surface area contributed by atoms with E-state index >= 15 is 0 Å². The molecule has 0 saturated heterocycles. The molecule has 0 heterocycles. The van der Waals surface area contributed by atoms with E-state index in [0.717, 1.165) is 12.8 Å². The Labute approximate surface area is 125 Å². The summed E-state index contributed by atoms with van der Waals surface area (Å²) in [5.41, 5.74) is 6.56. The van der Waals surface area contributed by atoms with E-state index in [1.807, 2.05) is 30.3 Å². The SMILES string of the molecule is NCCCC[C@H](NC(=O)CCCc1ccccc1)C(=O)O. The van der Waals surface area contributed by atoms with Crippen molar-refractivity contribution in [2.24, 2.45) is 5.73 Å². The summed E-state index contributed by atoms with van der Waals surface area (Å²) in [6.07, 6.45) is 3.78. The fraction of sp³-hybridized carbons (Fsp3) is 0.500. The van der Waals surface area contributed by atoms with Gasteiger partial charge in [0, 0.05) is 6.42 Å². The molecule has 0 aliphatic rings. The lowest BCUT2D eigenvalue weighted by atomic mass is 10.1. The number of nitrogens with two attached hydrogens (primary N) is 1. The van der Waals surface area contributed by atoms with Crippen molar-refractivity contribution in [1.82, 2.24) is 5.32 Å². The third kappa shape index (κ3) is 7.46. The highest BCUT2D eigenvalue weighted by Crippen LogP contribution is 2.06. The van der Waals surface area contributed by atoms with Crippen LogP contribution < -0.4 is 11.1 Å². The number of carbonyl (C=O) groups excluding carboxylic acids is 1. The molecule has 0 aromatic heterocycles. The summed E-state index contributed by atoms with van der Waals surface area (Å²) in [5.74, 6) is -1.19. The molecule has 5 heteroatoms. The molecule has 1 amide bonds. The Morgan fingerprint density at radius 3 is 2.48 bits per heavy atom. The fourth-order valence-corrected chi connectivity index (χ4v) is 2.11. The van der Waals surface area contributed by atoms with E-state index in [1.54, 1.807) is 0 Å². The van der Waals surface area contributed by atoms with E-state index in [1.165, 1.54) is 5.56 Å². The van der Waals surface area contributed by atoms with Crippen molar-refractivity contribution in [2.45, 2.75) is 44.6 Å². The van der Waals surface area contributed by atoms with E-state index in [-0.39, 0.29) is 5.91 Å². The molecule has 21 heavy (non-hydrogen) atoms. The lowest BCUT2D eigenvalue weighted by molar-refractivity contribution is -0.142. The van der Waals surface area contributed by atoms with Crippen LogP contribution in [0.25, 0.3) is 0 Å². The number of carbonyl (C=O) groups is 2. The van der Waals surface area contributed by atoms with Gasteiger partial charge >= 0.3 is 5.97 Å². The highest BCUT2D eigenvalue weighted by atomic mass is 16.4. The van der Waals surface area contributed by atoms with Crippen molar-refractivity contribution in [3.05, 3.63) is 35.9 Å². The summed E-state index contributed by atoms with van der Waals surface area (Å²) in [7, 11) is 0. The smallest absolute Gasteiger partial charge is 0.326 e. The Bertz CT molecular complexity index is 434. The maximum absolute atomic E-state index is 11.8. The molecule has 1 aromatic rings. The highest BCUT2D eigenvalue weighted by molar-refractivity contribution is 5.83. The molecule has 1 rings (SSSR count). The summed E-state index contributed by atoms with van der Waals surface area (Å²) in [6, 6.07) is 9.12. The maximum Gasteiger partial charge on any atom is 0.326 e. The second-order valence-corrected chi connectivity index (χ2v) is 5.08. The number of aliphatic carboxylic acids is 1. The predicted molar refractivity (Wildman–Crippen MR) is 81.9 cm³/mol. The zero-order valence-corrected chi connectivity index (χ0v) is 12.3. The summed E-state index contributed by atoms with van der Waals surface area (Å²) in [5, 5.41) is 11.7. The standard InChI is InChI=1S/C16H24N2O3/c17-12-5-4-10-14(16(20)21)18-15(19)11-6-9-13-7-2-1-3-8-13/h1-3,7-8,14H,4-6,9-12,17H2,(H,18,19)(H,20,21)/t14-/m0/s1. The van der Waals surface area contributed by atoms with Crippen molar-refractivity contribution >= 4 is 11.9 Å². The number of rotatable bonds is 10. The maximum atomic E-state index is 11.8. The number of benzene rings is 1. The van der Waals surface area contributed by atoms with Crippen LogP contribution in [0.3, 0.4) is 0 Å². The van der Waals surface area contributed by atoms with Crippen LogP contribution in [0.5, 0.6) is 0 Å². The number of amides is 1. The van der Waals surface area contributed by atoms with Gasteiger partial charge in [0.25, 0.3) is 0 Å². The lowest BCUT2D eigenvalue weighted by Crippen LogP contribution is -2.40. The summed E-state index contributed by atoms with van der Waals surface area (Å²) in [6.45, 7) is 0.539. The van der Waals surface area contributed by atoms with Gasteiger partial charge in [0.15, 0.2) is 0 Å². The molecule has 116 valence electrons. The van der Waals surface area contributed by atoms with Gasteiger partial charge in [-0.1, -0.05) is 30.3 Å². The first kappa shape index (κ1) is 17.2. The van der Waals surface area contributed by atoms with Crippen molar-refractivity contribution in [1.29, 1.82) is 0 Å². The molecule has 0 spiro atoms.